The maximum atomic E-state index is 12.5. The fourth-order valence-corrected chi connectivity index (χ4v) is 2.55. The minimum atomic E-state index is -1.18. The van der Waals surface area contributed by atoms with Crippen molar-refractivity contribution in [2.45, 2.75) is 13.0 Å². The summed E-state index contributed by atoms with van der Waals surface area (Å²) in [5.74, 6) is -2.36. The first-order chi connectivity index (χ1) is 13.4. The minimum Gasteiger partial charge on any atom is -0.480 e. The Bertz CT molecular complexity index is 923. The van der Waals surface area contributed by atoms with E-state index in [-0.39, 0.29) is 5.70 Å². The number of allylic oxidation sites excluding steroid dienone is 2. The molecule has 2 aromatic rings. The van der Waals surface area contributed by atoms with Gasteiger partial charge in [-0.3, -0.25) is 14.4 Å². The van der Waals surface area contributed by atoms with E-state index in [4.69, 9.17) is 5.11 Å². The number of carbonyl (C=O) groups is 3. The maximum Gasteiger partial charge on any atom is 0.325 e. The molecule has 0 radical (unpaired) electrons. The van der Waals surface area contributed by atoms with Crippen LogP contribution in [-0.2, 0) is 9.59 Å². The Labute approximate surface area is 171 Å². The van der Waals surface area contributed by atoms with Crippen molar-refractivity contribution in [2.75, 3.05) is 0 Å². The number of carboxylic acids is 1. The van der Waals surface area contributed by atoms with Crippen molar-refractivity contribution in [3.8, 4) is 0 Å². The smallest absolute Gasteiger partial charge is 0.325 e. The monoisotopic (exact) mass is 442 g/mol. The number of amides is 2. The van der Waals surface area contributed by atoms with Gasteiger partial charge >= 0.3 is 5.97 Å². The van der Waals surface area contributed by atoms with Gasteiger partial charge < -0.3 is 15.7 Å². The lowest BCUT2D eigenvalue weighted by Crippen LogP contribution is -2.42. The molecule has 2 amide bonds. The molecule has 0 saturated carbocycles. The highest BCUT2D eigenvalue weighted by molar-refractivity contribution is 9.10. The number of nitrogens with one attached hydrogen (secondary N) is 2. The zero-order valence-corrected chi connectivity index (χ0v) is 16.6. The zero-order valence-electron chi connectivity index (χ0n) is 15.1. The summed E-state index contributed by atoms with van der Waals surface area (Å²) in [6.07, 6.45) is 4.79. The van der Waals surface area contributed by atoms with E-state index >= 15 is 0 Å². The number of aliphatic carboxylic acids is 1. The molecule has 0 heterocycles. The van der Waals surface area contributed by atoms with Crippen LogP contribution in [0.25, 0.3) is 6.08 Å². The van der Waals surface area contributed by atoms with Crippen LogP contribution in [0.1, 0.15) is 22.8 Å². The van der Waals surface area contributed by atoms with E-state index in [1.165, 1.54) is 13.0 Å². The molecule has 0 aliphatic carbocycles. The molecular formula is C21H19BrN2O4. The first-order valence-corrected chi connectivity index (χ1v) is 9.20. The Morgan fingerprint density at radius 2 is 1.79 bits per heavy atom. The maximum absolute atomic E-state index is 12.5. The van der Waals surface area contributed by atoms with Crippen molar-refractivity contribution < 1.29 is 19.5 Å². The van der Waals surface area contributed by atoms with Gasteiger partial charge in [-0.25, -0.2) is 0 Å². The van der Waals surface area contributed by atoms with Crippen LogP contribution in [0, 0.1) is 0 Å². The van der Waals surface area contributed by atoms with Crippen LogP contribution in [-0.4, -0.2) is 28.9 Å². The third kappa shape index (κ3) is 6.51. The second-order valence-corrected chi connectivity index (χ2v) is 6.76. The molecule has 0 fully saturated rings. The Balaban J connectivity index is 2.23. The molecule has 0 bridgehead atoms. The Morgan fingerprint density at radius 3 is 2.43 bits per heavy atom. The molecular weight excluding hydrogens is 424 g/mol. The van der Waals surface area contributed by atoms with Crippen molar-refractivity contribution >= 4 is 39.8 Å². The van der Waals surface area contributed by atoms with Crippen LogP contribution < -0.4 is 10.6 Å². The van der Waals surface area contributed by atoms with E-state index in [2.05, 4.69) is 26.6 Å². The number of hydrogen-bond acceptors (Lipinski definition) is 3. The van der Waals surface area contributed by atoms with Crippen LogP contribution in [0.4, 0.5) is 0 Å². The molecule has 1 atom stereocenters. The number of halogens is 1. The Kier molecular flexibility index (Phi) is 7.71. The normalized spacial score (nSPS) is 12.4. The number of carbonyl (C=O) groups excluding carboxylic acids is 2. The lowest BCUT2D eigenvalue weighted by molar-refractivity contribution is -0.140. The molecule has 3 N–H and O–H groups in total. The molecule has 144 valence electrons. The standard InChI is InChI=1S/C21H19BrN2O4/c1-14(21(27)28)23-20(26)18(12-5-9-15-7-3-2-4-8-15)24-19(25)16-10-6-11-17(22)13-16/h2-14H,1H3,(H,23,26)(H,24,25)(H,27,28)/b9-5-,18-12-. The first kappa shape index (κ1) is 21.1. The minimum absolute atomic E-state index is 0.0646. The van der Waals surface area contributed by atoms with Gasteiger partial charge in [-0.15, -0.1) is 0 Å². The molecule has 0 aliphatic rings. The molecule has 2 aromatic carbocycles. The summed E-state index contributed by atoms with van der Waals surface area (Å²) in [5, 5.41) is 13.9. The molecule has 1 unspecified atom stereocenters. The third-order valence-corrected chi connectivity index (χ3v) is 4.14. The summed E-state index contributed by atoms with van der Waals surface area (Å²) in [4.78, 5) is 35.9. The van der Waals surface area contributed by atoms with Crippen LogP contribution in [0.3, 0.4) is 0 Å². The van der Waals surface area contributed by atoms with Crippen LogP contribution in [0.15, 0.2) is 76.9 Å². The van der Waals surface area contributed by atoms with Crippen molar-refractivity contribution in [1.29, 1.82) is 0 Å². The number of hydrogen-bond donors (Lipinski definition) is 3. The predicted octanol–water partition coefficient (Wildman–Crippen LogP) is 3.37. The highest BCUT2D eigenvalue weighted by atomic mass is 79.9. The zero-order chi connectivity index (χ0) is 20.5. The summed E-state index contributed by atoms with van der Waals surface area (Å²) in [5.41, 5.74) is 1.20. The van der Waals surface area contributed by atoms with E-state index in [1.54, 1.807) is 36.4 Å². The van der Waals surface area contributed by atoms with Gasteiger partial charge in [0.15, 0.2) is 0 Å². The van der Waals surface area contributed by atoms with Crippen molar-refractivity contribution in [2.24, 2.45) is 0 Å². The fraction of sp³-hybridized carbons (Fsp3) is 0.0952. The van der Waals surface area contributed by atoms with Gasteiger partial charge in [-0.2, -0.15) is 0 Å². The number of carboxylic acid groups (broad SMARTS) is 1. The topological polar surface area (TPSA) is 95.5 Å². The van der Waals surface area contributed by atoms with E-state index in [1.807, 2.05) is 30.3 Å². The van der Waals surface area contributed by atoms with Gasteiger partial charge in [0.05, 0.1) is 0 Å². The largest absolute Gasteiger partial charge is 0.480 e. The van der Waals surface area contributed by atoms with E-state index in [0.29, 0.717) is 5.56 Å². The predicted molar refractivity (Wildman–Crippen MR) is 110 cm³/mol. The third-order valence-electron chi connectivity index (χ3n) is 3.65. The summed E-state index contributed by atoms with van der Waals surface area (Å²) in [6, 6.07) is 15.0. The number of rotatable bonds is 7. The first-order valence-electron chi connectivity index (χ1n) is 8.41. The summed E-state index contributed by atoms with van der Waals surface area (Å²) in [7, 11) is 0. The second kappa shape index (κ2) is 10.2. The van der Waals surface area contributed by atoms with Crippen LogP contribution in [0.5, 0.6) is 0 Å². The molecule has 0 spiro atoms. The lowest BCUT2D eigenvalue weighted by Gasteiger charge is -2.13. The van der Waals surface area contributed by atoms with E-state index in [9.17, 15) is 14.4 Å². The van der Waals surface area contributed by atoms with Gasteiger partial charge in [0.25, 0.3) is 11.8 Å². The highest BCUT2D eigenvalue weighted by Crippen LogP contribution is 2.12. The molecule has 0 aliphatic heterocycles. The van der Waals surface area contributed by atoms with Crippen molar-refractivity contribution in [3.63, 3.8) is 0 Å². The van der Waals surface area contributed by atoms with Gasteiger partial charge in [0.2, 0.25) is 0 Å². The van der Waals surface area contributed by atoms with Crippen LogP contribution in [0.2, 0.25) is 0 Å². The Morgan fingerprint density at radius 1 is 1.07 bits per heavy atom. The molecule has 6 nitrogen and oxygen atoms in total. The van der Waals surface area contributed by atoms with Crippen LogP contribution >= 0.6 is 15.9 Å². The summed E-state index contributed by atoms with van der Waals surface area (Å²) >= 11 is 3.29. The van der Waals surface area contributed by atoms with Gasteiger partial charge in [0.1, 0.15) is 11.7 Å². The quantitative estimate of drug-likeness (QED) is 0.452. The molecule has 28 heavy (non-hydrogen) atoms. The van der Waals surface area contributed by atoms with Gasteiger partial charge in [0, 0.05) is 10.0 Å². The summed E-state index contributed by atoms with van der Waals surface area (Å²) < 4.78 is 0.721. The average Bonchev–Trinajstić information content (AvgIpc) is 2.67. The van der Waals surface area contributed by atoms with Crippen molar-refractivity contribution in [1.82, 2.24) is 10.6 Å². The Hall–Kier alpha value is -3.19. The highest BCUT2D eigenvalue weighted by Gasteiger charge is 2.19. The van der Waals surface area contributed by atoms with E-state index < -0.39 is 23.8 Å². The SMILES string of the molecule is CC(NC(=O)/C(=C/C=C\c1ccccc1)NC(=O)c1cccc(Br)c1)C(=O)O. The summed E-state index contributed by atoms with van der Waals surface area (Å²) in [6.45, 7) is 1.34. The fourth-order valence-electron chi connectivity index (χ4n) is 2.15. The molecule has 7 heteroatoms. The second-order valence-electron chi connectivity index (χ2n) is 5.85. The molecule has 0 aromatic heterocycles. The van der Waals surface area contributed by atoms with Crippen molar-refractivity contribution in [3.05, 3.63) is 88.0 Å². The molecule has 2 rings (SSSR count). The van der Waals surface area contributed by atoms with Gasteiger partial charge in [-0.05, 0) is 36.8 Å². The average molecular weight is 443 g/mol. The van der Waals surface area contributed by atoms with Gasteiger partial charge in [-0.1, -0.05) is 64.5 Å². The molecule has 0 saturated heterocycles. The number of benzene rings is 2. The lowest BCUT2D eigenvalue weighted by atomic mass is 10.2. The van der Waals surface area contributed by atoms with E-state index in [0.717, 1.165) is 10.0 Å².